The second-order valence-corrected chi connectivity index (χ2v) is 5.06. The van der Waals surface area contributed by atoms with Gasteiger partial charge >= 0.3 is 0 Å². The second kappa shape index (κ2) is 7.29. The third kappa shape index (κ3) is 3.74. The minimum atomic E-state index is 0. The zero-order valence-corrected chi connectivity index (χ0v) is 11.0. The van der Waals surface area contributed by atoms with Crippen molar-refractivity contribution >= 4 is 0 Å². The van der Waals surface area contributed by atoms with Crippen molar-refractivity contribution in [2.45, 2.75) is 60.4 Å². The number of hydrogen-bond donors (Lipinski definition) is 1. The fraction of sp³-hybridized carbons (Fsp3) is 1.00. The van der Waals surface area contributed by atoms with Gasteiger partial charge in [-0.1, -0.05) is 21.3 Å². The van der Waals surface area contributed by atoms with Gasteiger partial charge in [-0.25, -0.2) is 0 Å². The van der Waals surface area contributed by atoms with Crippen molar-refractivity contribution in [3.05, 3.63) is 0 Å². The smallest absolute Gasteiger partial charge is 0.00385 e. The van der Waals surface area contributed by atoms with Crippen LogP contribution in [0, 0.1) is 5.41 Å². The first-order valence-corrected chi connectivity index (χ1v) is 6.67. The van der Waals surface area contributed by atoms with Crippen LogP contribution < -0.4 is 5.32 Å². The minimum Gasteiger partial charge on any atom is -0.316 e. The van der Waals surface area contributed by atoms with Gasteiger partial charge in [-0.15, -0.1) is 0 Å². The van der Waals surface area contributed by atoms with E-state index >= 15 is 0 Å². The Morgan fingerprint density at radius 1 is 1.06 bits per heavy atom. The summed E-state index contributed by atoms with van der Waals surface area (Å²) in [5, 5.41) is 3.51. The second-order valence-electron chi connectivity index (χ2n) is 5.06. The number of hydrogen-bond acceptors (Lipinski definition) is 2. The van der Waals surface area contributed by atoms with Crippen LogP contribution in [0.2, 0.25) is 0 Å². The zero-order chi connectivity index (χ0) is 11.3. The molecule has 0 atom stereocenters. The Labute approximate surface area is 103 Å². The third-order valence-corrected chi connectivity index (χ3v) is 3.92. The van der Waals surface area contributed by atoms with Crippen LogP contribution in [0.1, 0.15) is 54.4 Å². The summed E-state index contributed by atoms with van der Waals surface area (Å²) in [6, 6.07) is 0.742. The molecule has 2 rings (SSSR count). The van der Waals surface area contributed by atoms with Crippen molar-refractivity contribution in [2.24, 2.45) is 5.41 Å². The average molecular weight is 228 g/mol. The van der Waals surface area contributed by atoms with E-state index in [1.807, 2.05) is 13.8 Å². The van der Waals surface area contributed by atoms with Gasteiger partial charge in [0.15, 0.2) is 0 Å². The van der Waals surface area contributed by atoms with Crippen LogP contribution in [0.25, 0.3) is 0 Å². The summed E-state index contributed by atoms with van der Waals surface area (Å²) in [6.07, 6.45) is 4.25. The Morgan fingerprint density at radius 3 is 2.00 bits per heavy atom. The maximum absolute atomic E-state index is 3.51. The van der Waals surface area contributed by atoms with E-state index in [1.54, 1.807) is 0 Å². The first-order chi connectivity index (χ1) is 7.22. The Morgan fingerprint density at radius 2 is 1.62 bits per heavy atom. The molecule has 2 heteroatoms. The lowest BCUT2D eigenvalue weighted by Gasteiger charge is -2.40. The molecular formula is C14H32N2. The molecule has 2 saturated heterocycles. The zero-order valence-electron chi connectivity index (χ0n) is 11.0. The summed E-state index contributed by atoms with van der Waals surface area (Å²) in [5.41, 5.74) is 0.686. The lowest BCUT2D eigenvalue weighted by Crippen LogP contribution is -2.44. The highest BCUT2D eigenvalue weighted by atomic mass is 15.2. The first-order valence-electron chi connectivity index (χ1n) is 6.67. The van der Waals surface area contributed by atoms with Crippen LogP contribution in [0.4, 0.5) is 0 Å². The predicted octanol–water partition coefficient (Wildman–Crippen LogP) is 3.13. The van der Waals surface area contributed by atoms with E-state index in [4.69, 9.17) is 0 Å². The molecule has 0 aromatic heterocycles. The SMILES string of the molecule is C.CC.CC(C)N1CCC2(CCNC2)CC1. The van der Waals surface area contributed by atoms with E-state index in [1.165, 1.54) is 45.4 Å². The third-order valence-electron chi connectivity index (χ3n) is 3.92. The molecule has 0 amide bonds. The van der Waals surface area contributed by atoms with E-state index in [2.05, 4.69) is 24.1 Å². The van der Waals surface area contributed by atoms with Crippen molar-refractivity contribution in [1.29, 1.82) is 0 Å². The normalized spacial score (nSPS) is 23.8. The largest absolute Gasteiger partial charge is 0.316 e. The van der Waals surface area contributed by atoms with E-state index in [-0.39, 0.29) is 7.43 Å². The minimum absolute atomic E-state index is 0. The molecule has 0 unspecified atom stereocenters. The summed E-state index contributed by atoms with van der Waals surface area (Å²) in [7, 11) is 0. The quantitative estimate of drug-likeness (QED) is 0.742. The molecule has 0 aromatic carbocycles. The van der Waals surface area contributed by atoms with E-state index in [0.29, 0.717) is 5.41 Å². The van der Waals surface area contributed by atoms with Crippen molar-refractivity contribution < 1.29 is 0 Å². The highest BCUT2D eigenvalue weighted by Crippen LogP contribution is 2.37. The Balaban J connectivity index is 0.000000711. The molecule has 2 nitrogen and oxygen atoms in total. The highest BCUT2D eigenvalue weighted by Gasteiger charge is 2.37. The van der Waals surface area contributed by atoms with E-state index in [9.17, 15) is 0 Å². The molecule has 0 radical (unpaired) electrons. The summed E-state index contributed by atoms with van der Waals surface area (Å²) < 4.78 is 0. The highest BCUT2D eigenvalue weighted by molar-refractivity contribution is 4.92. The molecule has 0 bridgehead atoms. The Bertz CT molecular complexity index is 162. The molecular weight excluding hydrogens is 196 g/mol. The summed E-state index contributed by atoms with van der Waals surface area (Å²) in [5.74, 6) is 0. The van der Waals surface area contributed by atoms with Crippen molar-refractivity contribution in [1.82, 2.24) is 10.2 Å². The number of piperidine rings is 1. The molecule has 16 heavy (non-hydrogen) atoms. The van der Waals surface area contributed by atoms with Crippen LogP contribution in [0.5, 0.6) is 0 Å². The monoisotopic (exact) mass is 228 g/mol. The Hall–Kier alpha value is -0.0800. The van der Waals surface area contributed by atoms with Crippen molar-refractivity contribution in [3.8, 4) is 0 Å². The van der Waals surface area contributed by atoms with Gasteiger partial charge in [-0.05, 0) is 58.2 Å². The lowest BCUT2D eigenvalue weighted by atomic mass is 9.77. The molecule has 0 aliphatic carbocycles. The number of rotatable bonds is 1. The molecule has 2 heterocycles. The maximum Gasteiger partial charge on any atom is 0.00385 e. The number of nitrogens with one attached hydrogen (secondary N) is 1. The summed E-state index contributed by atoms with van der Waals surface area (Å²) in [4.78, 5) is 2.61. The molecule has 1 spiro atoms. The van der Waals surface area contributed by atoms with Gasteiger partial charge in [0.1, 0.15) is 0 Å². The molecule has 0 saturated carbocycles. The van der Waals surface area contributed by atoms with Crippen LogP contribution >= 0.6 is 0 Å². The molecule has 2 aliphatic heterocycles. The van der Waals surface area contributed by atoms with Crippen LogP contribution in [-0.2, 0) is 0 Å². The van der Waals surface area contributed by atoms with Gasteiger partial charge in [-0.3, -0.25) is 0 Å². The molecule has 98 valence electrons. The molecule has 0 aromatic rings. The Kier molecular flexibility index (Phi) is 7.25. The fourth-order valence-corrected chi connectivity index (χ4v) is 2.74. The predicted molar refractivity (Wildman–Crippen MR) is 73.9 cm³/mol. The van der Waals surface area contributed by atoms with Gasteiger partial charge in [0.05, 0.1) is 0 Å². The summed E-state index contributed by atoms with van der Waals surface area (Å²) in [6.45, 7) is 13.8. The van der Waals surface area contributed by atoms with Gasteiger partial charge in [0, 0.05) is 12.6 Å². The average Bonchev–Trinajstić information content (AvgIpc) is 2.70. The van der Waals surface area contributed by atoms with Crippen LogP contribution in [0.15, 0.2) is 0 Å². The van der Waals surface area contributed by atoms with E-state index in [0.717, 1.165) is 6.04 Å². The van der Waals surface area contributed by atoms with E-state index < -0.39 is 0 Å². The molecule has 2 fully saturated rings. The van der Waals surface area contributed by atoms with Gasteiger partial charge in [-0.2, -0.15) is 0 Å². The first kappa shape index (κ1) is 15.9. The molecule has 1 N–H and O–H groups in total. The summed E-state index contributed by atoms with van der Waals surface area (Å²) >= 11 is 0. The van der Waals surface area contributed by atoms with Gasteiger partial charge in [0.25, 0.3) is 0 Å². The van der Waals surface area contributed by atoms with Gasteiger partial charge < -0.3 is 10.2 Å². The number of likely N-dealkylation sites (tertiary alicyclic amines) is 1. The van der Waals surface area contributed by atoms with Crippen molar-refractivity contribution in [3.63, 3.8) is 0 Å². The maximum atomic E-state index is 3.51. The molecule has 2 aliphatic rings. The van der Waals surface area contributed by atoms with Crippen molar-refractivity contribution in [2.75, 3.05) is 26.2 Å². The fourth-order valence-electron chi connectivity index (χ4n) is 2.74. The topological polar surface area (TPSA) is 15.3 Å². The lowest BCUT2D eigenvalue weighted by molar-refractivity contribution is 0.0958. The van der Waals surface area contributed by atoms with Crippen LogP contribution in [0.3, 0.4) is 0 Å². The standard InChI is InChI=1S/C11H22N2.C2H6.CH4/c1-10(2)13-7-4-11(5-8-13)3-6-12-9-11;1-2;/h10,12H,3-9H2,1-2H3;1-2H3;1H4. The van der Waals surface area contributed by atoms with Crippen LogP contribution in [-0.4, -0.2) is 37.1 Å². The number of nitrogens with zero attached hydrogens (tertiary/aromatic N) is 1. The van der Waals surface area contributed by atoms with Gasteiger partial charge in [0.2, 0.25) is 0 Å².